The van der Waals surface area contributed by atoms with Crippen LogP contribution in [0.2, 0.25) is 5.02 Å². The lowest BCUT2D eigenvalue weighted by atomic mass is 10.1. The van der Waals surface area contributed by atoms with E-state index >= 15 is 0 Å². The van der Waals surface area contributed by atoms with E-state index < -0.39 is 0 Å². The van der Waals surface area contributed by atoms with E-state index in [4.69, 9.17) is 11.6 Å². The van der Waals surface area contributed by atoms with Crippen LogP contribution in [0.25, 0.3) is 0 Å². The molecular weight excluding hydrogens is 244 g/mol. The number of benzene rings is 1. The monoisotopic (exact) mass is 266 g/mol. The van der Waals surface area contributed by atoms with E-state index in [1.165, 1.54) is 17.7 Å². The molecule has 0 saturated carbocycles. The van der Waals surface area contributed by atoms with Crippen LogP contribution in [0.3, 0.4) is 0 Å². The quantitative estimate of drug-likeness (QED) is 0.894. The second-order valence-electron chi connectivity index (χ2n) is 5.37. The number of hydrogen-bond acceptors (Lipinski definition) is 2. The molecule has 0 spiro atoms. The molecular formula is C15H23ClN2. The molecule has 1 aliphatic rings. The Kier molecular flexibility index (Phi) is 4.52. The van der Waals surface area contributed by atoms with Gasteiger partial charge in [-0.25, -0.2) is 0 Å². The van der Waals surface area contributed by atoms with Crippen molar-refractivity contribution in [2.45, 2.75) is 39.8 Å². The first kappa shape index (κ1) is 13.7. The third-order valence-electron chi connectivity index (χ3n) is 3.71. The molecule has 0 bridgehead atoms. The summed E-state index contributed by atoms with van der Waals surface area (Å²) < 4.78 is 0. The van der Waals surface area contributed by atoms with E-state index in [0.29, 0.717) is 6.04 Å². The SMILES string of the molecule is CCNCc1cccc(Cl)c1N1CC(C)CC1C. The van der Waals surface area contributed by atoms with Gasteiger partial charge in [0.2, 0.25) is 0 Å². The molecule has 3 heteroatoms. The average Bonchev–Trinajstić information content (AvgIpc) is 2.65. The minimum absolute atomic E-state index is 0.584. The van der Waals surface area contributed by atoms with Crippen LogP contribution in [-0.2, 0) is 6.54 Å². The molecule has 1 N–H and O–H groups in total. The molecule has 1 aromatic rings. The van der Waals surface area contributed by atoms with Gasteiger partial charge in [0, 0.05) is 19.1 Å². The molecule has 1 heterocycles. The molecule has 0 aliphatic carbocycles. The standard InChI is InChI=1S/C15H23ClN2/c1-4-17-9-13-6-5-7-14(16)15(13)18-10-11(2)8-12(18)3/h5-7,11-12,17H,4,8-10H2,1-3H3. The average molecular weight is 267 g/mol. The van der Waals surface area contributed by atoms with Gasteiger partial charge in [0.05, 0.1) is 10.7 Å². The largest absolute Gasteiger partial charge is 0.367 e. The fourth-order valence-electron chi connectivity index (χ4n) is 2.90. The molecule has 0 aromatic heterocycles. The fraction of sp³-hybridized carbons (Fsp3) is 0.600. The number of hydrogen-bond donors (Lipinski definition) is 1. The summed E-state index contributed by atoms with van der Waals surface area (Å²) in [6.07, 6.45) is 1.26. The Labute approximate surface area is 115 Å². The maximum absolute atomic E-state index is 6.43. The van der Waals surface area contributed by atoms with Crippen LogP contribution in [0.15, 0.2) is 18.2 Å². The van der Waals surface area contributed by atoms with E-state index in [1.807, 2.05) is 12.1 Å². The second kappa shape index (κ2) is 5.94. The Morgan fingerprint density at radius 2 is 2.17 bits per heavy atom. The Hall–Kier alpha value is -0.730. The molecule has 1 saturated heterocycles. The minimum atomic E-state index is 0.584. The molecule has 0 radical (unpaired) electrons. The Morgan fingerprint density at radius 3 is 2.78 bits per heavy atom. The van der Waals surface area contributed by atoms with Gasteiger partial charge in [-0.1, -0.05) is 37.6 Å². The first-order valence-electron chi connectivity index (χ1n) is 6.88. The predicted octanol–water partition coefficient (Wildman–Crippen LogP) is 3.68. The van der Waals surface area contributed by atoms with Crippen LogP contribution in [0, 0.1) is 5.92 Å². The van der Waals surface area contributed by atoms with E-state index in [1.54, 1.807) is 0 Å². The Bertz CT molecular complexity index is 405. The number of nitrogens with one attached hydrogen (secondary N) is 1. The first-order valence-corrected chi connectivity index (χ1v) is 7.26. The van der Waals surface area contributed by atoms with Gasteiger partial charge >= 0.3 is 0 Å². The molecule has 1 aliphatic heterocycles. The predicted molar refractivity (Wildman–Crippen MR) is 79.4 cm³/mol. The van der Waals surface area contributed by atoms with Gasteiger partial charge in [0.15, 0.2) is 0 Å². The minimum Gasteiger partial charge on any atom is -0.367 e. The van der Waals surface area contributed by atoms with Crippen molar-refractivity contribution in [3.05, 3.63) is 28.8 Å². The van der Waals surface area contributed by atoms with Gasteiger partial charge < -0.3 is 10.2 Å². The molecule has 0 amide bonds. The van der Waals surface area contributed by atoms with Gasteiger partial charge in [-0.05, 0) is 37.4 Å². The zero-order valence-corrected chi connectivity index (χ0v) is 12.3. The number of halogens is 1. The van der Waals surface area contributed by atoms with Crippen molar-refractivity contribution in [3.8, 4) is 0 Å². The summed E-state index contributed by atoms with van der Waals surface area (Å²) in [6, 6.07) is 6.81. The number of para-hydroxylation sites is 1. The van der Waals surface area contributed by atoms with Crippen LogP contribution >= 0.6 is 11.6 Å². The number of anilines is 1. The fourth-order valence-corrected chi connectivity index (χ4v) is 3.20. The highest BCUT2D eigenvalue weighted by Gasteiger charge is 2.28. The summed E-state index contributed by atoms with van der Waals surface area (Å²) >= 11 is 6.43. The van der Waals surface area contributed by atoms with Crippen LogP contribution in [0.5, 0.6) is 0 Å². The topological polar surface area (TPSA) is 15.3 Å². The molecule has 18 heavy (non-hydrogen) atoms. The number of nitrogens with zero attached hydrogens (tertiary/aromatic N) is 1. The molecule has 2 nitrogen and oxygen atoms in total. The zero-order valence-electron chi connectivity index (χ0n) is 11.5. The lowest BCUT2D eigenvalue weighted by molar-refractivity contribution is 0.625. The summed E-state index contributed by atoms with van der Waals surface area (Å²) in [5.74, 6) is 0.753. The summed E-state index contributed by atoms with van der Waals surface area (Å²) in [5, 5.41) is 4.28. The van der Waals surface area contributed by atoms with Gasteiger partial charge in [0.25, 0.3) is 0 Å². The van der Waals surface area contributed by atoms with Crippen molar-refractivity contribution in [2.24, 2.45) is 5.92 Å². The van der Waals surface area contributed by atoms with Crippen molar-refractivity contribution in [1.82, 2.24) is 5.32 Å². The highest BCUT2D eigenvalue weighted by molar-refractivity contribution is 6.33. The van der Waals surface area contributed by atoms with Gasteiger partial charge in [-0.3, -0.25) is 0 Å². The summed E-state index contributed by atoms with van der Waals surface area (Å²) in [4.78, 5) is 2.47. The van der Waals surface area contributed by atoms with Crippen LogP contribution < -0.4 is 10.2 Å². The smallest absolute Gasteiger partial charge is 0.0643 e. The van der Waals surface area contributed by atoms with Crippen LogP contribution in [0.1, 0.15) is 32.8 Å². The van der Waals surface area contributed by atoms with Gasteiger partial charge in [-0.15, -0.1) is 0 Å². The maximum Gasteiger partial charge on any atom is 0.0643 e. The van der Waals surface area contributed by atoms with Gasteiger partial charge in [-0.2, -0.15) is 0 Å². The first-order chi connectivity index (χ1) is 8.63. The molecule has 2 unspecified atom stereocenters. The third-order valence-corrected chi connectivity index (χ3v) is 4.01. The maximum atomic E-state index is 6.43. The zero-order chi connectivity index (χ0) is 13.1. The molecule has 1 aromatic carbocycles. The Morgan fingerprint density at radius 1 is 1.39 bits per heavy atom. The van der Waals surface area contributed by atoms with E-state index in [2.05, 4.69) is 37.1 Å². The van der Waals surface area contributed by atoms with Crippen molar-refractivity contribution in [2.75, 3.05) is 18.0 Å². The van der Waals surface area contributed by atoms with Gasteiger partial charge in [0.1, 0.15) is 0 Å². The summed E-state index contributed by atoms with van der Waals surface area (Å²) in [5.41, 5.74) is 2.54. The van der Waals surface area contributed by atoms with E-state index in [9.17, 15) is 0 Å². The third kappa shape index (κ3) is 2.81. The van der Waals surface area contributed by atoms with E-state index in [-0.39, 0.29) is 0 Å². The Balaban J connectivity index is 2.30. The summed E-state index contributed by atoms with van der Waals surface area (Å²) in [6.45, 7) is 9.73. The van der Waals surface area contributed by atoms with Crippen molar-refractivity contribution < 1.29 is 0 Å². The highest BCUT2D eigenvalue weighted by atomic mass is 35.5. The lowest BCUT2D eigenvalue weighted by Gasteiger charge is -2.27. The molecule has 1 fully saturated rings. The molecule has 2 rings (SSSR count). The van der Waals surface area contributed by atoms with E-state index in [0.717, 1.165) is 30.6 Å². The van der Waals surface area contributed by atoms with Crippen LogP contribution in [0.4, 0.5) is 5.69 Å². The number of rotatable bonds is 4. The van der Waals surface area contributed by atoms with Crippen molar-refractivity contribution in [1.29, 1.82) is 0 Å². The molecule has 2 atom stereocenters. The van der Waals surface area contributed by atoms with Crippen molar-refractivity contribution in [3.63, 3.8) is 0 Å². The highest BCUT2D eigenvalue weighted by Crippen LogP contribution is 2.36. The molecule has 100 valence electrons. The summed E-state index contributed by atoms with van der Waals surface area (Å²) in [7, 11) is 0. The lowest BCUT2D eigenvalue weighted by Crippen LogP contribution is -2.29. The van der Waals surface area contributed by atoms with Crippen molar-refractivity contribution >= 4 is 17.3 Å². The second-order valence-corrected chi connectivity index (χ2v) is 5.78. The van der Waals surface area contributed by atoms with Crippen LogP contribution in [-0.4, -0.2) is 19.1 Å². The normalized spacial score (nSPS) is 23.7.